The number of hydrogen-bond donors (Lipinski definition) is 2. The molecule has 1 unspecified atom stereocenters. The Labute approximate surface area is 116 Å². The van der Waals surface area contributed by atoms with Crippen molar-refractivity contribution in [2.45, 2.75) is 46.1 Å². The van der Waals surface area contributed by atoms with Crippen LogP contribution < -0.4 is 10.6 Å². The second-order valence-corrected chi connectivity index (χ2v) is 4.65. The molecule has 0 spiro atoms. The van der Waals surface area contributed by atoms with Crippen LogP contribution in [0.5, 0.6) is 0 Å². The molecule has 5 nitrogen and oxygen atoms in total. The van der Waals surface area contributed by atoms with Crippen molar-refractivity contribution < 1.29 is 4.74 Å². The Morgan fingerprint density at radius 3 is 2.42 bits per heavy atom. The summed E-state index contributed by atoms with van der Waals surface area (Å²) >= 11 is 0. The third kappa shape index (κ3) is 5.03. The molecule has 1 rings (SSSR count). The predicted octanol–water partition coefficient (Wildman–Crippen LogP) is 2.70. The molecule has 0 aliphatic rings. The van der Waals surface area contributed by atoms with E-state index in [1.165, 1.54) is 5.56 Å². The first-order valence-electron chi connectivity index (χ1n) is 7.07. The molecule has 2 N–H and O–H groups in total. The molecule has 0 fully saturated rings. The number of rotatable bonds is 9. The SMILES string of the molecule is CCCNc1ncnc(NCC(C)OC)c1CCC. The van der Waals surface area contributed by atoms with Crippen molar-refractivity contribution in [1.29, 1.82) is 0 Å². The van der Waals surface area contributed by atoms with Gasteiger partial charge in [-0.3, -0.25) is 0 Å². The van der Waals surface area contributed by atoms with Crippen LogP contribution >= 0.6 is 0 Å². The second kappa shape index (κ2) is 8.69. The van der Waals surface area contributed by atoms with Gasteiger partial charge in [0.25, 0.3) is 0 Å². The van der Waals surface area contributed by atoms with Crippen molar-refractivity contribution in [2.24, 2.45) is 0 Å². The highest BCUT2D eigenvalue weighted by Crippen LogP contribution is 2.21. The minimum absolute atomic E-state index is 0.163. The molecule has 0 radical (unpaired) electrons. The number of hydrogen-bond acceptors (Lipinski definition) is 5. The largest absolute Gasteiger partial charge is 0.380 e. The van der Waals surface area contributed by atoms with Gasteiger partial charge in [-0.25, -0.2) is 9.97 Å². The van der Waals surface area contributed by atoms with Crippen molar-refractivity contribution in [2.75, 3.05) is 30.8 Å². The van der Waals surface area contributed by atoms with Gasteiger partial charge in [-0.1, -0.05) is 20.3 Å². The maximum Gasteiger partial charge on any atom is 0.134 e. The molecule has 0 aliphatic carbocycles. The van der Waals surface area contributed by atoms with Gasteiger partial charge >= 0.3 is 0 Å². The average molecular weight is 266 g/mol. The first-order chi connectivity index (χ1) is 9.22. The monoisotopic (exact) mass is 266 g/mol. The molecular weight excluding hydrogens is 240 g/mol. The van der Waals surface area contributed by atoms with Crippen molar-refractivity contribution >= 4 is 11.6 Å². The summed E-state index contributed by atoms with van der Waals surface area (Å²) in [6, 6.07) is 0. The van der Waals surface area contributed by atoms with Crippen LogP contribution in [-0.2, 0) is 11.2 Å². The number of ether oxygens (including phenoxy) is 1. The molecule has 0 amide bonds. The normalized spacial score (nSPS) is 12.2. The number of methoxy groups -OCH3 is 1. The smallest absolute Gasteiger partial charge is 0.134 e. The summed E-state index contributed by atoms with van der Waals surface area (Å²) in [5.74, 6) is 1.87. The van der Waals surface area contributed by atoms with Gasteiger partial charge in [0.15, 0.2) is 0 Å². The first-order valence-corrected chi connectivity index (χ1v) is 7.07. The first kappa shape index (κ1) is 15.7. The Bertz CT molecular complexity index is 370. The van der Waals surface area contributed by atoms with Crippen LogP contribution in [0, 0.1) is 0 Å². The van der Waals surface area contributed by atoms with Crippen LogP contribution in [0.15, 0.2) is 6.33 Å². The minimum atomic E-state index is 0.163. The molecular formula is C14H26N4O. The molecule has 0 saturated heterocycles. The predicted molar refractivity (Wildman–Crippen MR) is 79.8 cm³/mol. The maximum atomic E-state index is 5.25. The van der Waals surface area contributed by atoms with Crippen LogP contribution in [0.4, 0.5) is 11.6 Å². The summed E-state index contributed by atoms with van der Waals surface area (Å²) in [5.41, 5.74) is 1.17. The van der Waals surface area contributed by atoms with Crippen molar-refractivity contribution in [1.82, 2.24) is 9.97 Å². The quantitative estimate of drug-likeness (QED) is 0.719. The zero-order chi connectivity index (χ0) is 14.1. The molecule has 1 aromatic rings. The van der Waals surface area contributed by atoms with Crippen LogP contribution in [0.1, 0.15) is 39.2 Å². The summed E-state index contributed by atoms with van der Waals surface area (Å²) in [7, 11) is 1.72. The van der Waals surface area contributed by atoms with Crippen LogP contribution in [0.3, 0.4) is 0 Å². The fourth-order valence-electron chi connectivity index (χ4n) is 1.77. The molecule has 0 saturated carbocycles. The summed E-state index contributed by atoms with van der Waals surface area (Å²) in [4.78, 5) is 8.70. The highest BCUT2D eigenvalue weighted by molar-refractivity contribution is 5.57. The van der Waals surface area contributed by atoms with Crippen LogP contribution in [-0.4, -0.2) is 36.3 Å². The lowest BCUT2D eigenvalue weighted by Gasteiger charge is -2.16. The topological polar surface area (TPSA) is 59.1 Å². The molecule has 0 bridgehead atoms. The van der Waals surface area contributed by atoms with Crippen molar-refractivity contribution in [3.05, 3.63) is 11.9 Å². The zero-order valence-corrected chi connectivity index (χ0v) is 12.5. The highest BCUT2D eigenvalue weighted by Gasteiger charge is 2.11. The Morgan fingerprint density at radius 2 is 1.84 bits per heavy atom. The maximum absolute atomic E-state index is 5.25. The second-order valence-electron chi connectivity index (χ2n) is 4.65. The molecule has 1 heterocycles. The van der Waals surface area contributed by atoms with E-state index in [1.54, 1.807) is 13.4 Å². The van der Waals surface area contributed by atoms with E-state index in [9.17, 15) is 0 Å². The Morgan fingerprint density at radius 1 is 1.16 bits per heavy atom. The Kier molecular flexibility index (Phi) is 7.18. The fourth-order valence-corrected chi connectivity index (χ4v) is 1.77. The van der Waals surface area contributed by atoms with Gasteiger partial charge in [-0.15, -0.1) is 0 Å². The van der Waals surface area contributed by atoms with E-state index in [0.717, 1.165) is 44.0 Å². The van der Waals surface area contributed by atoms with E-state index in [-0.39, 0.29) is 6.10 Å². The zero-order valence-electron chi connectivity index (χ0n) is 12.5. The standard InChI is InChI=1S/C14H26N4O/c1-5-7-12-13(15-8-6-2)17-10-18-14(12)16-9-11(3)19-4/h10-11H,5-9H2,1-4H3,(H2,15,16,17,18). The molecule has 0 aromatic carbocycles. The highest BCUT2D eigenvalue weighted by atomic mass is 16.5. The van der Waals surface area contributed by atoms with Crippen molar-refractivity contribution in [3.63, 3.8) is 0 Å². The van der Waals surface area contributed by atoms with Gasteiger partial charge < -0.3 is 15.4 Å². The van der Waals surface area contributed by atoms with E-state index >= 15 is 0 Å². The van der Waals surface area contributed by atoms with E-state index in [1.807, 2.05) is 6.92 Å². The van der Waals surface area contributed by atoms with Gasteiger partial charge in [0, 0.05) is 25.8 Å². The van der Waals surface area contributed by atoms with Gasteiger partial charge in [-0.2, -0.15) is 0 Å². The van der Waals surface area contributed by atoms with Gasteiger partial charge in [0.05, 0.1) is 6.10 Å². The van der Waals surface area contributed by atoms with Crippen LogP contribution in [0.2, 0.25) is 0 Å². The molecule has 1 atom stereocenters. The van der Waals surface area contributed by atoms with Gasteiger partial charge in [0.1, 0.15) is 18.0 Å². The Hall–Kier alpha value is -1.36. The molecule has 0 aliphatic heterocycles. The summed E-state index contributed by atoms with van der Waals surface area (Å²) in [6.45, 7) is 8.02. The van der Waals surface area contributed by atoms with Crippen molar-refractivity contribution in [3.8, 4) is 0 Å². The summed E-state index contributed by atoms with van der Waals surface area (Å²) in [5, 5.41) is 6.72. The number of anilines is 2. The lowest BCUT2D eigenvalue weighted by atomic mass is 10.1. The van der Waals surface area contributed by atoms with E-state index in [2.05, 4.69) is 34.4 Å². The van der Waals surface area contributed by atoms with Gasteiger partial charge in [-0.05, 0) is 19.8 Å². The molecule has 1 aromatic heterocycles. The third-order valence-corrected chi connectivity index (χ3v) is 2.95. The van der Waals surface area contributed by atoms with Crippen LogP contribution in [0.25, 0.3) is 0 Å². The lowest BCUT2D eigenvalue weighted by Crippen LogP contribution is -2.20. The number of aromatic nitrogens is 2. The third-order valence-electron chi connectivity index (χ3n) is 2.95. The van der Waals surface area contributed by atoms with E-state index in [4.69, 9.17) is 4.74 Å². The fraction of sp³-hybridized carbons (Fsp3) is 0.714. The summed E-state index contributed by atoms with van der Waals surface area (Å²) in [6.07, 6.45) is 4.89. The molecule has 19 heavy (non-hydrogen) atoms. The number of nitrogens with zero attached hydrogens (tertiary/aromatic N) is 2. The van der Waals surface area contributed by atoms with E-state index < -0.39 is 0 Å². The lowest BCUT2D eigenvalue weighted by molar-refractivity contribution is 0.128. The Balaban J connectivity index is 2.82. The molecule has 108 valence electrons. The molecule has 5 heteroatoms. The summed E-state index contributed by atoms with van der Waals surface area (Å²) < 4.78 is 5.25. The minimum Gasteiger partial charge on any atom is -0.380 e. The van der Waals surface area contributed by atoms with Gasteiger partial charge in [0.2, 0.25) is 0 Å². The number of nitrogens with one attached hydrogen (secondary N) is 2. The average Bonchev–Trinajstić information content (AvgIpc) is 2.44. The van der Waals surface area contributed by atoms with E-state index in [0.29, 0.717) is 0 Å².